The Morgan fingerprint density at radius 2 is 1.74 bits per heavy atom. The third kappa shape index (κ3) is 4.39. The predicted octanol–water partition coefficient (Wildman–Crippen LogP) is -1.40. The van der Waals surface area contributed by atoms with E-state index in [9.17, 15) is 16.8 Å². The first-order valence-electron chi connectivity index (χ1n) is 8.53. The van der Waals surface area contributed by atoms with Crippen LogP contribution in [0.5, 0.6) is 0 Å². The summed E-state index contributed by atoms with van der Waals surface area (Å²) in [4.78, 5) is 6.35. The molecule has 0 spiro atoms. The predicted molar refractivity (Wildman–Crippen MR) is 98.5 cm³/mol. The molecule has 2 unspecified atom stereocenters. The molecule has 13 heteroatoms. The smallest absolute Gasteiger partial charge is 0.244 e. The quantitative estimate of drug-likeness (QED) is 0.409. The minimum Gasteiger partial charge on any atom is -0.379 e. The van der Waals surface area contributed by atoms with Crippen molar-refractivity contribution in [1.29, 1.82) is 0 Å². The van der Waals surface area contributed by atoms with E-state index in [0.29, 0.717) is 26.3 Å². The molecule has 3 rings (SSSR count). The Morgan fingerprint density at radius 3 is 2.30 bits per heavy atom. The highest BCUT2D eigenvalue weighted by Crippen LogP contribution is 2.18. The number of ether oxygens (including phenoxy) is 1. The summed E-state index contributed by atoms with van der Waals surface area (Å²) in [5.41, 5.74) is 8.30. The van der Waals surface area contributed by atoms with Gasteiger partial charge >= 0.3 is 0 Å². The molecule has 11 nitrogen and oxygen atoms in total. The van der Waals surface area contributed by atoms with Crippen LogP contribution in [0.4, 0.5) is 5.82 Å². The van der Waals surface area contributed by atoms with Crippen LogP contribution in [-0.4, -0.2) is 69.8 Å². The molecule has 2 fully saturated rings. The van der Waals surface area contributed by atoms with Gasteiger partial charge in [-0.25, -0.2) is 21.8 Å². The Balaban J connectivity index is 1.66. The molecule has 1 aromatic rings. The van der Waals surface area contributed by atoms with Crippen molar-refractivity contribution in [2.75, 3.05) is 31.7 Å². The molecule has 0 radical (unpaired) electrons. The van der Waals surface area contributed by atoms with Crippen molar-refractivity contribution >= 4 is 25.9 Å². The Kier molecular flexibility index (Phi) is 6.00. The number of nitrogens with one attached hydrogen (secondary N) is 4. The maximum Gasteiger partial charge on any atom is 0.244 e. The summed E-state index contributed by atoms with van der Waals surface area (Å²) in [5, 5.41) is -0.675. The van der Waals surface area contributed by atoms with Crippen molar-refractivity contribution in [2.45, 2.75) is 36.1 Å². The maximum absolute atomic E-state index is 12.5. The van der Waals surface area contributed by atoms with Gasteiger partial charge in [-0.1, -0.05) is 0 Å². The van der Waals surface area contributed by atoms with Crippen molar-refractivity contribution < 1.29 is 21.6 Å². The number of hydrazine groups is 2. The van der Waals surface area contributed by atoms with Crippen LogP contribution in [0.3, 0.4) is 0 Å². The van der Waals surface area contributed by atoms with Gasteiger partial charge in [0.15, 0.2) is 0 Å². The fourth-order valence-corrected chi connectivity index (χ4v) is 6.08. The van der Waals surface area contributed by atoms with Gasteiger partial charge in [-0.05, 0) is 26.0 Å². The Morgan fingerprint density at radius 1 is 1.11 bits per heavy atom. The number of hydrogen-bond donors (Lipinski definition) is 4. The molecule has 3 heterocycles. The maximum atomic E-state index is 12.5. The summed E-state index contributed by atoms with van der Waals surface area (Å²) in [6.45, 7) is 4.84. The van der Waals surface area contributed by atoms with E-state index in [1.165, 1.54) is 22.6 Å². The van der Waals surface area contributed by atoms with Crippen molar-refractivity contribution in [3.8, 4) is 0 Å². The van der Waals surface area contributed by atoms with Crippen molar-refractivity contribution in [1.82, 2.24) is 25.0 Å². The highest BCUT2D eigenvalue weighted by Gasteiger charge is 2.40. The Hall–Kier alpha value is -1.35. The van der Waals surface area contributed by atoms with Gasteiger partial charge in [0, 0.05) is 31.4 Å². The molecule has 0 bridgehead atoms. The van der Waals surface area contributed by atoms with Crippen molar-refractivity contribution in [3.63, 3.8) is 0 Å². The lowest BCUT2D eigenvalue weighted by Gasteiger charge is -2.25. The Labute approximate surface area is 158 Å². The van der Waals surface area contributed by atoms with Gasteiger partial charge in [-0.15, -0.1) is 4.83 Å². The lowest BCUT2D eigenvalue weighted by atomic mass is 10.2. The topological polar surface area (TPSA) is 142 Å². The fraction of sp³-hybridized carbons (Fsp3) is 0.643. The first-order valence-corrected chi connectivity index (χ1v) is 11.5. The van der Waals surface area contributed by atoms with Gasteiger partial charge in [0.05, 0.1) is 13.2 Å². The summed E-state index contributed by atoms with van der Waals surface area (Å²) < 4.78 is 56.5. The second-order valence-electron chi connectivity index (χ2n) is 6.50. The molecular weight excluding hydrogens is 396 g/mol. The van der Waals surface area contributed by atoms with Crippen LogP contribution in [-0.2, 0) is 24.8 Å². The van der Waals surface area contributed by atoms with E-state index in [-0.39, 0.29) is 22.8 Å². The third-order valence-corrected chi connectivity index (χ3v) is 8.35. The van der Waals surface area contributed by atoms with E-state index in [1.807, 2.05) is 0 Å². The Bertz CT molecular complexity index is 844. The number of morpholine rings is 1. The number of pyridine rings is 1. The number of rotatable bonds is 6. The van der Waals surface area contributed by atoms with Crippen LogP contribution >= 0.6 is 0 Å². The van der Waals surface area contributed by atoms with E-state index in [2.05, 4.69) is 26.1 Å². The fourth-order valence-electron chi connectivity index (χ4n) is 3.13. The number of sulfonamides is 2. The first-order chi connectivity index (χ1) is 12.7. The van der Waals surface area contributed by atoms with Crippen LogP contribution in [0, 0.1) is 0 Å². The van der Waals surface area contributed by atoms with Crippen LogP contribution in [0.2, 0.25) is 0 Å². The summed E-state index contributed by atoms with van der Waals surface area (Å²) in [6.07, 6.45) is 1.20. The number of aromatic nitrogens is 1. The first kappa shape index (κ1) is 20.4. The molecule has 2 aliphatic rings. The highest BCUT2D eigenvalue weighted by molar-refractivity contribution is 7.90. The zero-order valence-corrected chi connectivity index (χ0v) is 16.7. The van der Waals surface area contributed by atoms with Gasteiger partial charge in [0.25, 0.3) is 0 Å². The lowest BCUT2D eigenvalue weighted by molar-refractivity contribution is 0.0730. The standard InChI is InChI=1S/C14H24N6O5S2/c1-10-14(11(2)17-16-10)26(21,22)19-18-13-4-3-12(9-15-13)27(23,24)20-5-7-25-8-6-20/h3-4,9-11,14,16-17,19H,5-8H2,1-2H3,(H,15,18). The van der Waals surface area contributed by atoms with Gasteiger partial charge in [-0.3, -0.25) is 16.3 Å². The van der Waals surface area contributed by atoms with Crippen LogP contribution < -0.4 is 21.1 Å². The summed E-state index contributed by atoms with van der Waals surface area (Å²) in [7, 11) is -7.32. The average Bonchev–Trinajstić information content (AvgIpc) is 3.00. The molecule has 0 aliphatic carbocycles. The number of hydrogen-bond acceptors (Lipinski definition) is 9. The molecule has 0 amide bonds. The largest absolute Gasteiger partial charge is 0.379 e. The molecule has 0 aromatic carbocycles. The highest BCUT2D eigenvalue weighted by atomic mass is 32.2. The zero-order valence-electron chi connectivity index (χ0n) is 15.0. The van der Waals surface area contributed by atoms with E-state index in [0.717, 1.165) is 0 Å². The summed E-state index contributed by atoms with van der Waals surface area (Å²) in [6, 6.07) is 2.26. The molecule has 2 aliphatic heterocycles. The minimum atomic E-state index is -3.68. The number of anilines is 1. The van der Waals surface area contributed by atoms with Gasteiger partial charge < -0.3 is 4.74 Å². The molecule has 1 aromatic heterocycles. The summed E-state index contributed by atoms with van der Waals surface area (Å²) >= 11 is 0. The van der Waals surface area contributed by atoms with Crippen molar-refractivity contribution in [3.05, 3.63) is 18.3 Å². The number of nitrogens with zero attached hydrogens (tertiary/aromatic N) is 2. The molecule has 0 saturated carbocycles. The van der Waals surface area contributed by atoms with Crippen LogP contribution in [0.25, 0.3) is 0 Å². The average molecular weight is 421 g/mol. The van der Waals surface area contributed by atoms with Gasteiger partial charge in [0.1, 0.15) is 16.0 Å². The van der Waals surface area contributed by atoms with Gasteiger partial charge in [0.2, 0.25) is 20.0 Å². The molecular formula is C14H24N6O5S2. The molecule has 2 saturated heterocycles. The third-order valence-electron chi connectivity index (χ3n) is 4.55. The second kappa shape index (κ2) is 7.95. The zero-order chi connectivity index (χ0) is 19.7. The molecule has 152 valence electrons. The van der Waals surface area contributed by atoms with Crippen LogP contribution in [0.15, 0.2) is 23.2 Å². The summed E-state index contributed by atoms with van der Waals surface area (Å²) in [5.74, 6) is 0.193. The van der Waals surface area contributed by atoms with Crippen molar-refractivity contribution in [2.24, 2.45) is 0 Å². The van der Waals surface area contributed by atoms with E-state index in [4.69, 9.17) is 4.74 Å². The normalized spacial score (nSPS) is 27.6. The molecule has 27 heavy (non-hydrogen) atoms. The lowest BCUT2D eigenvalue weighted by Crippen LogP contribution is -2.46. The SMILES string of the molecule is CC1NNC(C)C1S(=O)(=O)NNc1ccc(S(=O)(=O)N2CCOCC2)cn1. The second-order valence-corrected chi connectivity index (χ2v) is 10.3. The molecule has 4 N–H and O–H groups in total. The van der Waals surface area contributed by atoms with E-state index < -0.39 is 25.3 Å². The minimum absolute atomic E-state index is 0.0456. The van der Waals surface area contributed by atoms with Crippen LogP contribution in [0.1, 0.15) is 13.8 Å². The molecule has 2 atom stereocenters. The monoisotopic (exact) mass is 420 g/mol. The van der Waals surface area contributed by atoms with Gasteiger partial charge in [-0.2, -0.15) is 4.31 Å². The van der Waals surface area contributed by atoms with E-state index in [1.54, 1.807) is 13.8 Å². The van der Waals surface area contributed by atoms with E-state index >= 15 is 0 Å².